The molecule has 0 N–H and O–H groups in total. The normalized spacial score (nSPS) is 12.0. The molecule has 0 aliphatic heterocycles. The van der Waals surface area contributed by atoms with Crippen molar-refractivity contribution in [3.05, 3.63) is 0 Å². The number of hydrogen-bond donors (Lipinski definition) is 0. The minimum Gasteiger partial charge on any atom is -0.168 e. The molecule has 0 saturated carbocycles. The molecule has 0 aromatic heterocycles. The summed E-state index contributed by atoms with van der Waals surface area (Å²) in [4.78, 5) is 0. The van der Waals surface area contributed by atoms with E-state index in [9.17, 15) is 0 Å². The van der Waals surface area contributed by atoms with Crippen LogP contribution in [0.3, 0.4) is 0 Å². The molecule has 0 bridgehead atoms. The summed E-state index contributed by atoms with van der Waals surface area (Å²) in [5, 5.41) is 0. The molecule has 3 heteroatoms. The van der Waals surface area contributed by atoms with E-state index in [1.165, 1.54) is 184 Å². The summed E-state index contributed by atoms with van der Waals surface area (Å²) in [6.45, 7) is 4.55. The minimum absolute atomic E-state index is 1.30. The Balaban J connectivity index is 3.03. The molecule has 0 rings (SSSR count). The molecule has 0 aliphatic rings. The third-order valence-corrected chi connectivity index (χ3v) is 10.3. The second-order valence-electron chi connectivity index (χ2n) is 11.7. The van der Waals surface area contributed by atoms with Gasteiger partial charge in [0.05, 0.1) is 0 Å². The SMILES string of the molecule is C[Si](C)(Cl)CCCCCCCCCCCCCCCCCCCCCCCCCCCCCI. The fraction of sp³-hybridized carbons (Fsp3) is 1.00. The van der Waals surface area contributed by atoms with Crippen molar-refractivity contribution in [2.75, 3.05) is 4.43 Å². The minimum atomic E-state index is -1.31. The maximum Gasteiger partial charge on any atom is 0.150 e. The molecule has 0 heterocycles. The monoisotopic (exact) mass is 626 g/mol. The fourth-order valence-corrected chi connectivity index (χ4v) is 7.09. The molecule has 0 radical (unpaired) electrons. The molecule has 0 aromatic carbocycles. The molecular formula is C31H64ClISi. The van der Waals surface area contributed by atoms with E-state index in [0.717, 1.165) is 0 Å². The van der Waals surface area contributed by atoms with E-state index in [0.29, 0.717) is 0 Å². The van der Waals surface area contributed by atoms with Crippen LogP contribution in [-0.4, -0.2) is 11.8 Å². The van der Waals surface area contributed by atoms with Crippen molar-refractivity contribution in [3.8, 4) is 0 Å². The van der Waals surface area contributed by atoms with Gasteiger partial charge in [0.1, 0.15) is 7.38 Å². The maximum absolute atomic E-state index is 6.38. The first-order valence-corrected chi connectivity index (χ1v) is 21.6. The van der Waals surface area contributed by atoms with Gasteiger partial charge in [-0.3, -0.25) is 0 Å². The Morgan fingerprint density at radius 1 is 0.353 bits per heavy atom. The largest absolute Gasteiger partial charge is 0.168 e. The summed E-state index contributed by atoms with van der Waals surface area (Å²) in [6.07, 6.45) is 39.7. The van der Waals surface area contributed by atoms with Gasteiger partial charge >= 0.3 is 0 Å². The number of hydrogen-bond acceptors (Lipinski definition) is 0. The van der Waals surface area contributed by atoms with E-state index in [4.69, 9.17) is 11.1 Å². The van der Waals surface area contributed by atoms with Crippen LogP contribution >= 0.6 is 33.7 Å². The van der Waals surface area contributed by atoms with Crippen molar-refractivity contribution >= 4 is 41.1 Å². The Morgan fingerprint density at radius 3 is 0.706 bits per heavy atom. The van der Waals surface area contributed by atoms with Crippen molar-refractivity contribution in [1.29, 1.82) is 0 Å². The Morgan fingerprint density at radius 2 is 0.529 bits per heavy atom. The third kappa shape index (κ3) is 33.2. The topological polar surface area (TPSA) is 0 Å². The first kappa shape index (κ1) is 35.2. The number of unbranched alkanes of at least 4 members (excludes halogenated alkanes) is 26. The van der Waals surface area contributed by atoms with Gasteiger partial charge in [-0.05, 0) is 16.9 Å². The highest BCUT2D eigenvalue weighted by molar-refractivity contribution is 14.1. The van der Waals surface area contributed by atoms with Crippen LogP contribution in [0.1, 0.15) is 173 Å². The Hall–Kier alpha value is 1.24. The van der Waals surface area contributed by atoms with E-state index < -0.39 is 7.38 Å². The molecule has 0 atom stereocenters. The van der Waals surface area contributed by atoms with Gasteiger partial charge < -0.3 is 0 Å². The van der Waals surface area contributed by atoms with E-state index >= 15 is 0 Å². The van der Waals surface area contributed by atoms with Gasteiger partial charge in [0.15, 0.2) is 0 Å². The molecule has 34 heavy (non-hydrogen) atoms. The summed E-state index contributed by atoms with van der Waals surface area (Å²) in [5.74, 6) is 0. The Bertz CT molecular complexity index is 369. The van der Waals surface area contributed by atoms with Gasteiger partial charge in [0.2, 0.25) is 0 Å². The van der Waals surface area contributed by atoms with Crippen LogP contribution in [0.25, 0.3) is 0 Å². The number of rotatable bonds is 29. The number of alkyl halides is 1. The van der Waals surface area contributed by atoms with Crippen LogP contribution in [0, 0.1) is 0 Å². The molecule has 0 saturated heterocycles. The molecular weight excluding hydrogens is 563 g/mol. The smallest absolute Gasteiger partial charge is 0.150 e. The highest BCUT2D eigenvalue weighted by Crippen LogP contribution is 2.20. The van der Waals surface area contributed by atoms with Crippen LogP contribution in [0.5, 0.6) is 0 Å². The molecule has 0 amide bonds. The quantitative estimate of drug-likeness (QED) is 0.0255. The van der Waals surface area contributed by atoms with Crippen molar-refractivity contribution < 1.29 is 0 Å². The predicted octanol–water partition coefficient (Wildman–Crippen LogP) is 13.4. The van der Waals surface area contributed by atoms with Crippen LogP contribution < -0.4 is 0 Å². The molecule has 0 nitrogen and oxygen atoms in total. The second-order valence-corrected chi connectivity index (χ2v) is 19.8. The second kappa shape index (κ2) is 28.8. The third-order valence-electron chi connectivity index (χ3n) is 7.40. The Labute approximate surface area is 236 Å². The summed E-state index contributed by atoms with van der Waals surface area (Å²) in [6, 6.07) is 1.30. The van der Waals surface area contributed by atoms with Gasteiger partial charge in [0.25, 0.3) is 0 Å². The van der Waals surface area contributed by atoms with Crippen molar-refractivity contribution in [3.63, 3.8) is 0 Å². The average Bonchev–Trinajstić information content (AvgIpc) is 2.80. The summed E-state index contributed by atoms with van der Waals surface area (Å²) in [7, 11) is -1.31. The van der Waals surface area contributed by atoms with Crippen molar-refractivity contribution in [2.24, 2.45) is 0 Å². The lowest BCUT2D eigenvalue weighted by atomic mass is 10.0. The van der Waals surface area contributed by atoms with Gasteiger partial charge in [-0.15, -0.1) is 0 Å². The standard InChI is InChI=1S/C31H64ClISi/c1-34(2,32)31-29-27-25-23-21-19-17-15-13-11-9-7-5-3-4-6-8-10-12-14-16-18-20-22-24-26-28-30-33/h3-31H2,1-2H3. The van der Waals surface area contributed by atoms with Crippen LogP contribution in [0.2, 0.25) is 19.1 Å². The van der Waals surface area contributed by atoms with E-state index in [2.05, 4.69) is 35.7 Å². The molecule has 0 aliphatic carbocycles. The lowest BCUT2D eigenvalue weighted by molar-refractivity contribution is 0.515. The maximum atomic E-state index is 6.38. The Kier molecular flexibility index (Phi) is 29.9. The first-order valence-electron chi connectivity index (χ1n) is 15.8. The van der Waals surface area contributed by atoms with Gasteiger partial charge in [0, 0.05) is 0 Å². The van der Waals surface area contributed by atoms with Crippen LogP contribution in [0.4, 0.5) is 0 Å². The lowest BCUT2D eigenvalue weighted by Gasteiger charge is -2.11. The fourth-order valence-electron chi connectivity index (χ4n) is 5.06. The summed E-state index contributed by atoms with van der Waals surface area (Å²) in [5.41, 5.74) is 0. The predicted molar refractivity (Wildman–Crippen MR) is 172 cm³/mol. The van der Waals surface area contributed by atoms with Gasteiger partial charge in [-0.25, -0.2) is 0 Å². The molecule has 0 fully saturated rings. The lowest BCUT2D eigenvalue weighted by Crippen LogP contribution is -2.14. The summed E-state index contributed by atoms with van der Waals surface area (Å²) < 4.78 is 1.34. The van der Waals surface area contributed by atoms with Crippen LogP contribution in [0.15, 0.2) is 0 Å². The molecule has 206 valence electrons. The molecule has 0 unspecified atom stereocenters. The summed E-state index contributed by atoms with van der Waals surface area (Å²) >= 11 is 8.88. The van der Waals surface area contributed by atoms with E-state index in [-0.39, 0.29) is 0 Å². The molecule has 0 aromatic rings. The van der Waals surface area contributed by atoms with Gasteiger partial charge in [-0.2, -0.15) is 11.1 Å². The zero-order chi connectivity index (χ0) is 25.0. The number of halogens is 2. The zero-order valence-corrected chi connectivity index (χ0v) is 27.7. The first-order chi connectivity index (χ1) is 16.6. The van der Waals surface area contributed by atoms with Crippen molar-refractivity contribution in [1.82, 2.24) is 0 Å². The highest BCUT2D eigenvalue weighted by atomic mass is 127. The van der Waals surface area contributed by atoms with E-state index in [1.54, 1.807) is 0 Å². The van der Waals surface area contributed by atoms with E-state index in [1.807, 2.05) is 0 Å². The van der Waals surface area contributed by atoms with Crippen molar-refractivity contribution in [2.45, 2.75) is 193 Å². The molecule has 0 spiro atoms. The van der Waals surface area contributed by atoms with Gasteiger partial charge in [-0.1, -0.05) is 203 Å². The highest BCUT2D eigenvalue weighted by Gasteiger charge is 2.15. The zero-order valence-electron chi connectivity index (χ0n) is 23.8. The average molecular weight is 627 g/mol. The van der Waals surface area contributed by atoms with Crippen LogP contribution in [-0.2, 0) is 0 Å².